The third-order valence-corrected chi connectivity index (χ3v) is 5.39. The maximum absolute atomic E-state index is 12.8. The minimum Gasteiger partial charge on any atom is -0.464 e. The summed E-state index contributed by atoms with van der Waals surface area (Å²) in [6.07, 6.45) is 2.11. The van der Waals surface area contributed by atoms with E-state index in [0.29, 0.717) is 6.42 Å². The van der Waals surface area contributed by atoms with Gasteiger partial charge < -0.3 is 13.8 Å². The molecule has 1 aromatic carbocycles. The quantitative estimate of drug-likeness (QED) is 0.708. The summed E-state index contributed by atoms with van der Waals surface area (Å²) in [7, 11) is 0. The van der Waals surface area contributed by atoms with Gasteiger partial charge >= 0.3 is 0 Å². The lowest BCUT2D eigenvalue weighted by Crippen LogP contribution is -2.48. The topological polar surface area (TPSA) is 62.7 Å². The van der Waals surface area contributed by atoms with Crippen LogP contribution in [0.5, 0.6) is 0 Å². The number of carbonyl (C=O) groups excluding carboxylic acids is 1. The lowest BCUT2D eigenvalue weighted by Gasteiger charge is -2.34. The zero-order chi connectivity index (χ0) is 19.0. The van der Waals surface area contributed by atoms with E-state index in [1.807, 2.05) is 24.0 Å². The Morgan fingerprint density at radius 3 is 2.52 bits per heavy atom. The zero-order valence-electron chi connectivity index (χ0n) is 16.1. The molecule has 0 radical (unpaired) electrons. The maximum atomic E-state index is 12.8. The van der Waals surface area contributed by atoms with Crippen LogP contribution in [0.4, 0.5) is 0 Å². The number of fused-ring (bicyclic) bond motifs is 1. The Hall–Kier alpha value is -2.60. The predicted octanol–water partition coefficient (Wildman–Crippen LogP) is 3.23. The van der Waals surface area contributed by atoms with E-state index >= 15 is 0 Å². The lowest BCUT2D eigenvalue weighted by molar-refractivity contribution is -0.132. The molecule has 1 aliphatic rings. The molecule has 0 atom stereocenters. The van der Waals surface area contributed by atoms with Gasteiger partial charge in [-0.1, -0.05) is 5.16 Å². The first-order valence-corrected chi connectivity index (χ1v) is 9.39. The van der Waals surface area contributed by atoms with Crippen LogP contribution in [0, 0.1) is 20.8 Å². The fourth-order valence-corrected chi connectivity index (χ4v) is 3.61. The van der Waals surface area contributed by atoms with Gasteiger partial charge in [0.1, 0.15) is 5.58 Å². The van der Waals surface area contributed by atoms with Gasteiger partial charge in [-0.15, -0.1) is 0 Å². The van der Waals surface area contributed by atoms with Crippen molar-refractivity contribution in [1.82, 2.24) is 15.0 Å². The number of piperazine rings is 1. The highest BCUT2D eigenvalue weighted by molar-refractivity contribution is 5.88. The van der Waals surface area contributed by atoms with Gasteiger partial charge in [0.05, 0.1) is 24.9 Å². The average Bonchev–Trinajstić information content (AvgIpc) is 3.22. The monoisotopic (exact) mass is 367 g/mol. The third kappa shape index (κ3) is 3.76. The molecule has 27 heavy (non-hydrogen) atoms. The fourth-order valence-electron chi connectivity index (χ4n) is 3.61. The predicted molar refractivity (Wildman–Crippen MR) is 102 cm³/mol. The molecule has 0 bridgehead atoms. The van der Waals surface area contributed by atoms with Crippen molar-refractivity contribution in [2.45, 2.75) is 33.7 Å². The van der Waals surface area contributed by atoms with E-state index in [1.165, 1.54) is 11.1 Å². The standard InChI is InChI=1S/C21H25N3O3/c1-14-8-19-17(13-26-20(19)9-15(14)2)11-21(25)24-6-4-23(5-7-24)12-18-10-16(3)22-27-18/h8-10,13H,4-7,11-12H2,1-3H3. The SMILES string of the molecule is Cc1cc(CN2CCN(C(=O)Cc3coc4cc(C)c(C)cc34)CC2)on1. The molecule has 1 fully saturated rings. The van der Waals surface area contributed by atoms with Gasteiger partial charge in [0.25, 0.3) is 0 Å². The Morgan fingerprint density at radius 2 is 1.81 bits per heavy atom. The van der Waals surface area contributed by atoms with Crippen LogP contribution in [0.25, 0.3) is 11.0 Å². The molecule has 4 rings (SSSR count). The Morgan fingerprint density at radius 1 is 1.07 bits per heavy atom. The molecule has 142 valence electrons. The molecule has 0 N–H and O–H groups in total. The summed E-state index contributed by atoms with van der Waals surface area (Å²) in [5.41, 5.74) is 5.14. The highest BCUT2D eigenvalue weighted by Gasteiger charge is 2.23. The second-order valence-corrected chi connectivity index (χ2v) is 7.46. The number of hydrogen-bond acceptors (Lipinski definition) is 5. The molecule has 6 heteroatoms. The summed E-state index contributed by atoms with van der Waals surface area (Å²) in [5, 5.41) is 4.98. The number of amides is 1. The number of benzene rings is 1. The first-order chi connectivity index (χ1) is 13.0. The van der Waals surface area contributed by atoms with Crippen LogP contribution in [0.1, 0.15) is 28.1 Å². The van der Waals surface area contributed by atoms with Crippen molar-refractivity contribution in [1.29, 1.82) is 0 Å². The minimum atomic E-state index is 0.158. The van der Waals surface area contributed by atoms with E-state index < -0.39 is 0 Å². The lowest BCUT2D eigenvalue weighted by atomic mass is 10.0. The van der Waals surface area contributed by atoms with E-state index in [9.17, 15) is 4.79 Å². The highest BCUT2D eigenvalue weighted by Crippen LogP contribution is 2.25. The molecule has 0 saturated carbocycles. The molecule has 1 saturated heterocycles. The van der Waals surface area contributed by atoms with E-state index in [2.05, 4.69) is 30.0 Å². The number of hydrogen-bond donors (Lipinski definition) is 0. The number of carbonyl (C=O) groups is 1. The van der Waals surface area contributed by atoms with Gasteiger partial charge in [0.2, 0.25) is 5.91 Å². The number of furan rings is 1. The second-order valence-electron chi connectivity index (χ2n) is 7.46. The van der Waals surface area contributed by atoms with Gasteiger partial charge in [0.15, 0.2) is 5.76 Å². The van der Waals surface area contributed by atoms with Gasteiger partial charge in [-0.05, 0) is 44.0 Å². The van der Waals surface area contributed by atoms with Crippen LogP contribution >= 0.6 is 0 Å². The van der Waals surface area contributed by atoms with Crippen molar-refractivity contribution in [2.24, 2.45) is 0 Å². The fraction of sp³-hybridized carbons (Fsp3) is 0.429. The number of nitrogens with zero attached hydrogens (tertiary/aromatic N) is 3. The van der Waals surface area contributed by atoms with Crippen LogP contribution in [-0.2, 0) is 17.8 Å². The van der Waals surface area contributed by atoms with Crippen molar-refractivity contribution in [3.8, 4) is 0 Å². The van der Waals surface area contributed by atoms with E-state index in [4.69, 9.17) is 8.94 Å². The largest absolute Gasteiger partial charge is 0.464 e. The highest BCUT2D eigenvalue weighted by atomic mass is 16.5. The van der Waals surface area contributed by atoms with Crippen LogP contribution in [0.2, 0.25) is 0 Å². The molecule has 1 amide bonds. The number of aromatic nitrogens is 1. The number of aryl methyl sites for hydroxylation is 3. The van der Waals surface area contributed by atoms with Gasteiger partial charge in [-0.3, -0.25) is 9.69 Å². The van der Waals surface area contributed by atoms with Crippen molar-refractivity contribution in [3.63, 3.8) is 0 Å². The zero-order valence-corrected chi connectivity index (χ0v) is 16.1. The smallest absolute Gasteiger partial charge is 0.227 e. The molecule has 6 nitrogen and oxygen atoms in total. The van der Waals surface area contributed by atoms with Crippen LogP contribution in [-0.4, -0.2) is 47.0 Å². The summed E-state index contributed by atoms with van der Waals surface area (Å²) in [6, 6.07) is 6.13. The van der Waals surface area contributed by atoms with Gasteiger partial charge in [-0.2, -0.15) is 0 Å². The summed E-state index contributed by atoms with van der Waals surface area (Å²) >= 11 is 0. The summed E-state index contributed by atoms with van der Waals surface area (Å²) < 4.78 is 11.0. The Balaban J connectivity index is 1.36. The molecule has 0 unspecified atom stereocenters. The molecular formula is C21H25N3O3. The molecule has 1 aliphatic heterocycles. The molecule has 0 spiro atoms. The first-order valence-electron chi connectivity index (χ1n) is 9.39. The van der Waals surface area contributed by atoms with Crippen molar-refractivity contribution < 1.29 is 13.7 Å². The first kappa shape index (κ1) is 17.8. The Kier molecular flexibility index (Phi) is 4.74. The van der Waals surface area contributed by atoms with Crippen LogP contribution in [0.15, 0.2) is 33.4 Å². The molecular weight excluding hydrogens is 342 g/mol. The normalized spacial score (nSPS) is 15.6. The third-order valence-electron chi connectivity index (χ3n) is 5.39. The van der Waals surface area contributed by atoms with E-state index in [1.54, 1.807) is 6.26 Å². The Bertz CT molecular complexity index is 964. The van der Waals surface area contributed by atoms with Gasteiger partial charge in [-0.25, -0.2) is 0 Å². The average molecular weight is 367 g/mol. The molecule has 0 aliphatic carbocycles. The Labute approximate surface area is 158 Å². The van der Waals surface area contributed by atoms with E-state index in [0.717, 1.165) is 60.7 Å². The van der Waals surface area contributed by atoms with Crippen molar-refractivity contribution in [3.05, 3.63) is 52.6 Å². The molecule has 2 aromatic heterocycles. The molecule has 3 heterocycles. The van der Waals surface area contributed by atoms with Crippen LogP contribution < -0.4 is 0 Å². The molecule has 3 aromatic rings. The second kappa shape index (κ2) is 7.19. The maximum Gasteiger partial charge on any atom is 0.227 e. The van der Waals surface area contributed by atoms with E-state index in [-0.39, 0.29) is 5.91 Å². The summed E-state index contributed by atoms with van der Waals surface area (Å²) in [4.78, 5) is 17.0. The minimum absolute atomic E-state index is 0.158. The summed E-state index contributed by atoms with van der Waals surface area (Å²) in [5.74, 6) is 1.04. The van der Waals surface area contributed by atoms with Crippen LogP contribution in [0.3, 0.4) is 0 Å². The van der Waals surface area contributed by atoms with Crippen molar-refractivity contribution in [2.75, 3.05) is 26.2 Å². The van der Waals surface area contributed by atoms with Gasteiger partial charge in [0, 0.05) is 43.2 Å². The summed E-state index contributed by atoms with van der Waals surface area (Å²) in [6.45, 7) is 9.98. The number of rotatable bonds is 4. The van der Waals surface area contributed by atoms with Crippen molar-refractivity contribution >= 4 is 16.9 Å².